The van der Waals surface area contributed by atoms with Crippen molar-refractivity contribution in [2.45, 2.75) is 110 Å². The summed E-state index contributed by atoms with van der Waals surface area (Å²) in [7, 11) is 0. The Morgan fingerprint density at radius 1 is 0.957 bits per heavy atom. The van der Waals surface area contributed by atoms with Gasteiger partial charge in [-0.15, -0.1) is 0 Å². The maximum absolute atomic E-state index is 2.82. The first-order chi connectivity index (χ1) is 11.0. The van der Waals surface area contributed by atoms with Gasteiger partial charge in [0.05, 0.1) is 0 Å². The monoisotopic (exact) mass is 428 g/mol. The Kier molecular flexibility index (Phi) is 10.5. The number of unbranched alkanes of at least 4 members (excludes halogenated alkanes) is 3. The van der Waals surface area contributed by atoms with Gasteiger partial charge in [-0.3, -0.25) is 0 Å². The molecule has 0 radical (unpaired) electrons. The van der Waals surface area contributed by atoms with E-state index in [1.807, 2.05) is 0 Å². The van der Waals surface area contributed by atoms with Gasteiger partial charge >= 0.3 is 152 Å². The average molecular weight is 427 g/mol. The summed E-state index contributed by atoms with van der Waals surface area (Å²) in [6.07, 6.45) is 14.4. The molecule has 0 spiro atoms. The Labute approximate surface area is 151 Å². The van der Waals surface area contributed by atoms with Gasteiger partial charge in [-0.25, -0.2) is 0 Å². The zero-order chi connectivity index (χ0) is 17.3. The summed E-state index contributed by atoms with van der Waals surface area (Å²) >= 11 is -2.11. The second-order valence-corrected chi connectivity index (χ2v) is 22.6. The third kappa shape index (κ3) is 6.40. The van der Waals surface area contributed by atoms with Gasteiger partial charge in [-0.1, -0.05) is 0 Å². The Morgan fingerprint density at radius 2 is 1.43 bits per heavy atom. The van der Waals surface area contributed by atoms with E-state index >= 15 is 0 Å². The minimum atomic E-state index is -2.11. The molecule has 0 amide bonds. The fraction of sp³-hybridized carbons (Fsp3) is 0.909. The van der Waals surface area contributed by atoms with E-state index in [0.717, 1.165) is 15.8 Å². The third-order valence-corrected chi connectivity index (χ3v) is 23.7. The predicted molar refractivity (Wildman–Crippen MR) is 110 cm³/mol. The van der Waals surface area contributed by atoms with Gasteiger partial charge in [0.2, 0.25) is 0 Å². The predicted octanol–water partition coefficient (Wildman–Crippen LogP) is 8.22. The van der Waals surface area contributed by atoms with Crippen molar-refractivity contribution in [1.29, 1.82) is 0 Å². The Hall–Kier alpha value is 0.539. The van der Waals surface area contributed by atoms with Gasteiger partial charge in [0.15, 0.2) is 0 Å². The zero-order valence-electron chi connectivity index (χ0n) is 17.1. The van der Waals surface area contributed by atoms with Crippen LogP contribution in [0.25, 0.3) is 0 Å². The van der Waals surface area contributed by atoms with Crippen LogP contribution in [0.3, 0.4) is 0 Å². The van der Waals surface area contributed by atoms with Gasteiger partial charge in [0.25, 0.3) is 0 Å². The van der Waals surface area contributed by atoms with Crippen LogP contribution in [0.2, 0.25) is 17.2 Å². The van der Waals surface area contributed by atoms with Crippen molar-refractivity contribution in [3.63, 3.8) is 0 Å². The molecule has 136 valence electrons. The van der Waals surface area contributed by atoms with Gasteiger partial charge in [-0.05, 0) is 0 Å². The number of rotatable bonds is 11. The number of allylic oxidation sites excluding steroid dienone is 2. The topological polar surface area (TPSA) is 0 Å². The minimum absolute atomic E-state index is 0.880. The van der Waals surface area contributed by atoms with E-state index in [9.17, 15) is 0 Å². The van der Waals surface area contributed by atoms with Crippen molar-refractivity contribution in [3.8, 4) is 0 Å². The second kappa shape index (κ2) is 11.2. The number of hydrogen-bond acceptors (Lipinski definition) is 0. The summed E-state index contributed by atoms with van der Waals surface area (Å²) in [5.74, 6) is 1.88. The van der Waals surface area contributed by atoms with Crippen molar-refractivity contribution < 1.29 is 0 Å². The fourth-order valence-electron chi connectivity index (χ4n) is 4.93. The molecule has 0 aromatic rings. The summed E-state index contributed by atoms with van der Waals surface area (Å²) in [6.45, 7) is 14.6. The SMILES string of the molecule is CCC[CH2][Sn]([CH2]CCC)([CH2]CCC)[CH]1C=C(C)CCC1C(C)C. The van der Waals surface area contributed by atoms with Crippen molar-refractivity contribution in [2.24, 2.45) is 11.8 Å². The summed E-state index contributed by atoms with van der Waals surface area (Å²) in [5.41, 5.74) is 1.72. The summed E-state index contributed by atoms with van der Waals surface area (Å²) in [5, 5.41) is 0. The Balaban J connectivity index is 3.15. The standard InChI is InChI=1S/C10H17.3C4H9.Sn/c1-8(2)10-6-4-9(3)5-7-10;3*1-3-4-2;/h4,6,8,10H,5,7H2,1-3H3;3*1,3-4H2,2H3;. The first-order valence-electron chi connectivity index (χ1n) is 10.7. The molecule has 0 N–H and O–H groups in total. The van der Waals surface area contributed by atoms with Crippen LogP contribution < -0.4 is 0 Å². The fourth-order valence-corrected chi connectivity index (χ4v) is 25.0. The second-order valence-electron chi connectivity index (χ2n) is 8.66. The molecule has 1 rings (SSSR count). The first kappa shape index (κ1) is 21.6. The molecule has 1 aliphatic rings. The van der Waals surface area contributed by atoms with E-state index in [4.69, 9.17) is 0 Å². The van der Waals surface area contributed by atoms with E-state index in [1.54, 1.807) is 18.9 Å². The molecule has 0 aromatic heterocycles. The first-order valence-corrected chi connectivity index (χ1v) is 18.4. The molecule has 2 atom stereocenters. The van der Waals surface area contributed by atoms with E-state index in [-0.39, 0.29) is 0 Å². The Morgan fingerprint density at radius 3 is 1.83 bits per heavy atom. The third-order valence-electron chi connectivity index (χ3n) is 6.45. The van der Waals surface area contributed by atoms with Crippen LogP contribution in [0.4, 0.5) is 0 Å². The van der Waals surface area contributed by atoms with E-state index in [1.165, 1.54) is 51.4 Å². The van der Waals surface area contributed by atoms with Crippen molar-refractivity contribution in [3.05, 3.63) is 11.6 Å². The molecule has 0 aromatic carbocycles. The molecule has 0 fully saturated rings. The summed E-state index contributed by atoms with van der Waals surface area (Å²) in [4.78, 5) is 0. The van der Waals surface area contributed by atoms with Crippen molar-refractivity contribution in [2.75, 3.05) is 0 Å². The maximum atomic E-state index is 2.82. The molecule has 2 unspecified atom stereocenters. The van der Waals surface area contributed by atoms with Gasteiger partial charge < -0.3 is 0 Å². The molecule has 0 heterocycles. The normalized spacial score (nSPS) is 22.5. The zero-order valence-corrected chi connectivity index (χ0v) is 19.9. The van der Waals surface area contributed by atoms with Gasteiger partial charge in [0, 0.05) is 0 Å². The molecule has 23 heavy (non-hydrogen) atoms. The van der Waals surface area contributed by atoms with Crippen LogP contribution in [0, 0.1) is 11.8 Å². The van der Waals surface area contributed by atoms with E-state index < -0.39 is 18.4 Å². The van der Waals surface area contributed by atoms with Crippen LogP contribution in [0.1, 0.15) is 92.9 Å². The van der Waals surface area contributed by atoms with Crippen LogP contribution in [0.15, 0.2) is 11.6 Å². The molecule has 0 bridgehead atoms. The molecule has 0 saturated carbocycles. The van der Waals surface area contributed by atoms with Crippen LogP contribution in [0.5, 0.6) is 0 Å². The van der Waals surface area contributed by atoms with Crippen LogP contribution >= 0.6 is 0 Å². The molecule has 0 nitrogen and oxygen atoms in total. The van der Waals surface area contributed by atoms with Crippen molar-refractivity contribution in [1.82, 2.24) is 0 Å². The molecular formula is C22H44Sn. The van der Waals surface area contributed by atoms with E-state index in [2.05, 4.69) is 47.6 Å². The molecule has 0 saturated heterocycles. The van der Waals surface area contributed by atoms with Gasteiger partial charge in [0.1, 0.15) is 0 Å². The molecule has 1 aliphatic carbocycles. The summed E-state index contributed by atoms with van der Waals surface area (Å²) in [6, 6.07) is 0. The van der Waals surface area contributed by atoms with E-state index in [0.29, 0.717) is 0 Å². The van der Waals surface area contributed by atoms with Gasteiger partial charge in [-0.2, -0.15) is 0 Å². The quantitative estimate of drug-likeness (QED) is 0.230. The number of hydrogen-bond donors (Lipinski definition) is 0. The average Bonchev–Trinajstić information content (AvgIpc) is 2.54. The Bertz CT molecular complexity index is 320. The van der Waals surface area contributed by atoms with Crippen molar-refractivity contribution >= 4 is 18.4 Å². The summed E-state index contributed by atoms with van der Waals surface area (Å²) < 4.78 is 6.05. The van der Waals surface area contributed by atoms with Crippen LogP contribution in [-0.2, 0) is 0 Å². The molecule has 1 heteroatoms. The molecule has 0 aliphatic heterocycles. The molecular weight excluding hydrogens is 383 g/mol. The van der Waals surface area contributed by atoms with Crippen LogP contribution in [-0.4, -0.2) is 18.4 Å².